The summed E-state index contributed by atoms with van der Waals surface area (Å²) in [6, 6.07) is 13.6. The van der Waals surface area contributed by atoms with Gasteiger partial charge in [0.1, 0.15) is 0 Å². The second-order valence-corrected chi connectivity index (χ2v) is 8.21. The maximum atomic E-state index is 12.0. The van der Waals surface area contributed by atoms with Gasteiger partial charge in [-0.3, -0.25) is 4.79 Å². The van der Waals surface area contributed by atoms with E-state index in [0.29, 0.717) is 17.4 Å². The Balaban J connectivity index is 1.62. The molecule has 1 aliphatic rings. The lowest BCUT2D eigenvalue weighted by Crippen LogP contribution is -2.48. The number of benzene rings is 2. The number of amides is 1. The number of carbonyl (C=O) groups is 1. The molecule has 0 radical (unpaired) electrons. The van der Waals surface area contributed by atoms with E-state index in [1.165, 1.54) is 11.3 Å². The van der Waals surface area contributed by atoms with Gasteiger partial charge in [0, 0.05) is 17.8 Å². The monoisotopic (exact) mass is 409 g/mol. The Morgan fingerprint density at radius 2 is 2.00 bits per heavy atom. The van der Waals surface area contributed by atoms with Gasteiger partial charge in [-0.15, -0.1) is 0 Å². The molecule has 0 saturated carbocycles. The summed E-state index contributed by atoms with van der Waals surface area (Å²) in [7, 11) is 1.56. The predicted octanol–water partition coefficient (Wildman–Crippen LogP) is 4.34. The Morgan fingerprint density at radius 1 is 1.27 bits per heavy atom. The molecule has 0 bridgehead atoms. The van der Waals surface area contributed by atoms with Crippen LogP contribution in [0, 0.1) is 0 Å². The van der Waals surface area contributed by atoms with E-state index in [9.17, 15) is 4.79 Å². The van der Waals surface area contributed by atoms with E-state index in [-0.39, 0.29) is 18.1 Å². The zero-order valence-electron chi connectivity index (χ0n) is 18.4. The van der Waals surface area contributed by atoms with Crippen LogP contribution in [-0.4, -0.2) is 37.9 Å². The van der Waals surface area contributed by atoms with Gasteiger partial charge >= 0.3 is 0 Å². The van der Waals surface area contributed by atoms with Crippen LogP contribution in [0.25, 0.3) is 0 Å². The molecule has 30 heavy (non-hydrogen) atoms. The summed E-state index contributed by atoms with van der Waals surface area (Å²) in [4.78, 5) is 14.5. The first-order valence-corrected chi connectivity index (χ1v) is 10.3. The highest BCUT2D eigenvalue weighted by molar-refractivity contribution is 5.84. The molecule has 0 aromatic heterocycles. The number of hydrazone groups is 1. The van der Waals surface area contributed by atoms with Crippen LogP contribution in [0.3, 0.4) is 0 Å². The number of nitrogens with one attached hydrogen (secondary N) is 1. The largest absolute Gasteiger partial charge is 0.493 e. The Kier molecular flexibility index (Phi) is 6.65. The fraction of sp³-hybridized carbons (Fsp3) is 0.417. The van der Waals surface area contributed by atoms with Crippen LogP contribution in [0.15, 0.2) is 47.6 Å². The first-order valence-electron chi connectivity index (χ1n) is 10.3. The van der Waals surface area contributed by atoms with Gasteiger partial charge in [-0.25, -0.2) is 5.43 Å². The molecule has 3 rings (SSSR count). The third-order valence-electron chi connectivity index (χ3n) is 5.56. The molecule has 160 valence electrons. The molecule has 6 heteroatoms. The number of ether oxygens (including phenoxy) is 2. The van der Waals surface area contributed by atoms with Gasteiger partial charge in [0.05, 0.1) is 13.3 Å². The van der Waals surface area contributed by atoms with Crippen molar-refractivity contribution in [1.82, 2.24) is 5.43 Å². The Bertz CT molecular complexity index is 924. The molecule has 1 amide bonds. The van der Waals surface area contributed by atoms with Crippen molar-refractivity contribution in [2.45, 2.75) is 45.6 Å². The fourth-order valence-corrected chi connectivity index (χ4v) is 4.28. The summed E-state index contributed by atoms with van der Waals surface area (Å²) in [5.74, 6) is 1.24. The highest BCUT2D eigenvalue weighted by atomic mass is 16.5. The number of anilines is 1. The van der Waals surface area contributed by atoms with Crippen molar-refractivity contribution >= 4 is 17.8 Å². The van der Waals surface area contributed by atoms with Crippen LogP contribution in [0.2, 0.25) is 0 Å². The molecule has 0 aliphatic carbocycles. The molecule has 1 N–H and O–H groups in total. The summed E-state index contributed by atoms with van der Waals surface area (Å²) < 4.78 is 10.7. The molecule has 0 unspecified atom stereocenters. The summed E-state index contributed by atoms with van der Waals surface area (Å²) in [5, 5.41) is 4.09. The Hall–Kier alpha value is -3.02. The topological polar surface area (TPSA) is 63.2 Å². The Labute approximate surface area is 178 Å². The molecule has 2 aromatic carbocycles. The van der Waals surface area contributed by atoms with Crippen molar-refractivity contribution in [2.24, 2.45) is 5.10 Å². The number of fused-ring (bicyclic) bond motifs is 1. The van der Waals surface area contributed by atoms with Crippen LogP contribution in [0.4, 0.5) is 5.69 Å². The second-order valence-electron chi connectivity index (χ2n) is 8.21. The average molecular weight is 410 g/mol. The van der Waals surface area contributed by atoms with E-state index in [0.717, 1.165) is 18.5 Å². The predicted molar refractivity (Wildman–Crippen MR) is 121 cm³/mol. The highest BCUT2D eigenvalue weighted by Crippen LogP contribution is 2.43. The normalized spacial score (nSPS) is 17.5. The molecule has 1 heterocycles. The van der Waals surface area contributed by atoms with Gasteiger partial charge in [0.15, 0.2) is 18.1 Å². The van der Waals surface area contributed by atoms with Crippen LogP contribution < -0.4 is 19.8 Å². The maximum Gasteiger partial charge on any atom is 0.277 e. The van der Waals surface area contributed by atoms with E-state index in [4.69, 9.17) is 9.47 Å². The van der Waals surface area contributed by atoms with Gasteiger partial charge in [-0.2, -0.15) is 5.10 Å². The van der Waals surface area contributed by atoms with E-state index < -0.39 is 0 Å². The van der Waals surface area contributed by atoms with Crippen molar-refractivity contribution in [2.75, 3.05) is 25.2 Å². The molecule has 1 aliphatic heterocycles. The number of rotatable bonds is 7. The summed E-state index contributed by atoms with van der Waals surface area (Å²) in [6.45, 7) is 9.90. The standard InChI is InChI=1S/C24H31N3O3/c1-6-27-20-12-11-18(13-19(20)17(2)14-24(27,3)4)15-25-26-23(28)16-30-22-10-8-7-9-21(22)29-5/h7-13,15,17H,6,14,16H2,1-5H3,(H,26,28)/b25-15+/t17-/m0/s1. The van der Waals surface area contributed by atoms with Crippen LogP contribution in [-0.2, 0) is 4.79 Å². The fourth-order valence-electron chi connectivity index (χ4n) is 4.28. The van der Waals surface area contributed by atoms with Crippen molar-refractivity contribution in [1.29, 1.82) is 0 Å². The van der Waals surface area contributed by atoms with Crippen LogP contribution >= 0.6 is 0 Å². The number of hydrogen-bond acceptors (Lipinski definition) is 5. The average Bonchev–Trinajstić information content (AvgIpc) is 2.72. The molecule has 0 spiro atoms. The zero-order valence-corrected chi connectivity index (χ0v) is 18.4. The van der Waals surface area contributed by atoms with Gasteiger partial charge in [-0.05, 0) is 68.5 Å². The molecule has 2 aromatic rings. The van der Waals surface area contributed by atoms with Crippen molar-refractivity contribution in [3.8, 4) is 11.5 Å². The van der Waals surface area contributed by atoms with Crippen LogP contribution in [0.5, 0.6) is 11.5 Å². The van der Waals surface area contributed by atoms with Gasteiger partial charge in [-0.1, -0.05) is 25.1 Å². The third-order valence-corrected chi connectivity index (χ3v) is 5.56. The highest BCUT2D eigenvalue weighted by Gasteiger charge is 2.35. The summed E-state index contributed by atoms with van der Waals surface area (Å²) in [5.41, 5.74) is 6.23. The van der Waals surface area contributed by atoms with E-state index >= 15 is 0 Å². The third kappa shape index (κ3) is 4.75. The van der Waals surface area contributed by atoms with Gasteiger partial charge in [0.2, 0.25) is 0 Å². The SMILES string of the molecule is CCN1c2ccc(/C=N/NC(=O)COc3ccccc3OC)cc2[C@@H](C)CC1(C)C. The lowest BCUT2D eigenvalue weighted by atomic mass is 9.79. The van der Waals surface area contributed by atoms with E-state index in [1.807, 2.05) is 18.2 Å². The minimum absolute atomic E-state index is 0.139. The van der Waals surface area contributed by atoms with E-state index in [1.54, 1.807) is 25.5 Å². The molecule has 0 fully saturated rings. The number of methoxy groups -OCH3 is 1. The minimum atomic E-state index is -0.331. The van der Waals surface area contributed by atoms with Crippen molar-refractivity contribution in [3.05, 3.63) is 53.6 Å². The lowest BCUT2D eigenvalue weighted by molar-refractivity contribution is -0.123. The molecular formula is C24H31N3O3. The molecule has 1 atom stereocenters. The quantitative estimate of drug-likeness (QED) is 0.546. The van der Waals surface area contributed by atoms with Gasteiger partial charge < -0.3 is 14.4 Å². The first-order chi connectivity index (χ1) is 14.4. The minimum Gasteiger partial charge on any atom is -0.493 e. The number of hydrogen-bond donors (Lipinski definition) is 1. The summed E-state index contributed by atoms with van der Waals surface area (Å²) in [6.07, 6.45) is 2.77. The molecular weight excluding hydrogens is 378 g/mol. The zero-order chi connectivity index (χ0) is 21.7. The van der Waals surface area contributed by atoms with Gasteiger partial charge in [0.25, 0.3) is 5.91 Å². The summed E-state index contributed by atoms with van der Waals surface area (Å²) >= 11 is 0. The second kappa shape index (κ2) is 9.20. The lowest BCUT2D eigenvalue weighted by Gasteiger charge is -2.47. The molecule has 6 nitrogen and oxygen atoms in total. The molecule has 0 saturated heterocycles. The van der Waals surface area contributed by atoms with Crippen LogP contribution in [0.1, 0.15) is 51.2 Å². The number of carbonyl (C=O) groups excluding carboxylic acids is 1. The first kappa shape index (κ1) is 21.7. The Morgan fingerprint density at radius 3 is 2.70 bits per heavy atom. The number of para-hydroxylation sites is 2. The van der Waals surface area contributed by atoms with Crippen molar-refractivity contribution < 1.29 is 14.3 Å². The smallest absolute Gasteiger partial charge is 0.277 e. The van der Waals surface area contributed by atoms with Crippen molar-refractivity contribution in [3.63, 3.8) is 0 Å². The van der Waals surface area contributed by atoms with E-state index in [2.05, 4.69) is 55.3 Å². The number of nitrogens with zero attached hydrogens (tertiary/aromatic N) is 2. The maximum absolute atomic E-state index is 12.0.